The lowest BCUT2D eigenvalue weighted by atomic mass is 10.0. The van der Waals surface area contributed by atoms with E-state index in [9.17, 15) is 13.7 Å². The highest BCUT2D eigenvalue weighted by Gasteiger charge is 2.14. The van der Waals surface area contributed by atoms with Gasteiger partial charge in [0.15, 0.2) is 5.65 Å². The van der Waals surface area contributed by atoms with Crippen LogP contribution in [0.25, 0.3) is 22.3 Å². The van der Waals surface area contributed by atoms with Crippen LogP contribution in [-0.4, -0.2) is 35.1 Å². The van der Waals surface area contributed by atoms with Crippen LogP contribution in [0, 0.1) is 11.3 Å². The Morgan fingerprint density at radius 2 is 1.93 bits per heavy atom. The maximum absolute atomic E-state index is 11.1. The Kier molecular flexibility index (Phi) is 4.78. The monoisotopic (exact) mass is 421 g/mol. The first-order chi connectivity index (χ1) is 14.4. The van der Waals surface area contributed by atoms with E-state index in [1.807, 2.05) is 19.2 Å². The van der Waals surface area contributed by atoms with Crippen LogP contribution in [0.1, 0.15) is 5.69 Å². The molecule has 4 aromatic rings. The molecule has 3 aromatic heterocycles. The topological polar surface area (TPSA) is 140 Å². The lowest BCUT2D eigenvalue weighted by Crippen LogP contribution is -2.24. The van der Waals surface area contributed by atoms with Gasteiger partial charge in [-0.3, -0.25) is 5.01 Å². The van der Waals surface area contributed by atoms with Crippen molar-refractivity contribution < 1.29 is 12.6 Å². The Morgan fingerprint density at radius 3 is 2.63 bits per heavy atom. The van der Waals surface area contributed by atoms with E-state index in [1.54, 1.807) is 46.6 Å². The fourth-order valence-electron chi connectivity index (χ4n) is 2.95. The van der Waals surface area contributed by atoms with E-state index in [2.05, 4.69) is 25.2 Å². The molecule has 0 bridgehead atoms. The summed E-state index contributed by atoms with van der Waals surface area (Å²) in [6.07, 6.45) is 4.91. The van der Waals surface area contributed by atoms with Crippen molar-refractivity contribution in [3.63, 3.8) is 0 Å². The Balaban J connectivity index is 1.73. The van der Waals surface area contributed by atoms with Crippen LogP contribution >= 0.6 is 0 Å². The zero-order valence-electron chi connectivity index (χ0n) is 15.7. The predicted molar refractivity (Wildman–Crippen MR) is 109 cm³/mol. The summed E-state index contributed by atoms with van der Waals surface area (Å²) in [6, 6.07) is 13.7. The highest BCUT2D eigenvalue weighted by molar-refractivity contribution is 7.84. The molecule has 2 N–H and O–H groups in total. The minimum absolute atomic E-state index is 0.0666. The second kappa shape index (κ2) is 7.43. The van der Waals surface area contributed by atoms with Gasteiger partial charge in [-0.2, -0.15) is 18.8 Å². The number of nitriles is 1. The van der Waals surface area contributed by atoms with Crippen molar-refractivity contribution >= 4 is 27.2 Å². The van der Waals surface area contributed by atoms with Crippen molar-refractivity contribution in [3.8, 4) is 22.9 Å². The molecule has 11 heteroatoms. The number of pyridine rings is 2. The van der Waals surface area contributed by atoms with Gasteiger partial charge in [-0.05, 0) is 35.9 Å². The van der Waals surface area contributed by atoms with Crippen molar-refractivity contribution in [2.75, 3.05) is 12.1 Å². The molecule has 0 saturated heterocycles. The second-order valence-corrected chi connectivity index (χ2v) is 7.41. The van der Waals surface area contributed by atoms with Crippen molar-refractivity contribution in [1.29, 1.82) is 5.26 Å². The summed E-state index contributed by atoms with van der Waals surface area (Å²) in [5, 5.41) is 16.2. The molecule has 1 aromatic carbocycles. The molecular weight excluding hydrogens is 406 g/mol. The molecule has 0 radical (unpaired) electrons. The molecule has 0 unspecified atom stereocenters. The number of nitrogens with zero attached hydrogens (tertiary/aromatic N) is 6. The number of aromatic nitrogens is 4. The van der Waals surface area contributed by atoms with Gasteiger partial charge in [0.2, 0.25) is 0 Å². The number of imidazole rings is 1. The second-order valence-electron chi connectivity index (χ2n) is 6.26. The van der Waals surface area contributed by atoms with Crippen LogP contribution in [0.2, 0.25) is 0 Å². The number of anilines is 1. The number of fused-ring (bicyclic) bond motifs is 1. The summed E-state index contributed by atoms with van der Waals surface area (Å²) in [4.78, 5) is 12.9. The minimum Gasteiger partial charge on any atom is -0.371 e. The van der Waals surface area contributed by atoms with Crippen LogP contribution in [0.15, 0.2) is 61.2 Å². The van der Waals surface area contributed by atoms with Gasteiger partial charge in [0.1, 0.15) is 29.4 Å². The lowest BCUT2D eigenvalue weighted by Gasteiger charge is -2.21. The van der Waals surface area contributed by atoms with Crippen LogP contribution in [0.5, 0.6) is 5.75 Å². The van der Waals surface area contributed by atoms with E-state index < -0.39 is 10.3 Å². The number of rotatable bonds is 5. The van der Waals surface area contributed by atoms with Gasteiger partial charge in [-0.25, -0.2) is 19.6 Å². The lowest BCUT2D eigenvalue weighted by molar-refractivity contribution is 0.488. The molecule has 30 heavy (non-hydrogen) atoms. The zero-order valence-corrected chi connectivity index (χ0v) is 16.5. The van der Waals surface area contributed by atoms with E-state index in [1.165, 1.54) is 12.1 Å². The van der Waals surface area contributed by atoms with Gasteiger partial charge >= 0.3 is 10.3 Å². The largest absolute Gasteiger partial charge is 0.380 e. The smallest absolute Gasteiger partial charge is 0.371 e. The molecule has 0 fully saturated rings. The molecule has 3 heterocycles. The molecule has 0 aliphatic heterocycles. The SMILES string of the molecule is CN(c1cnc(C#N)c(-c2ccc(OS(N)(=O)=O)cc2)c1)n1cnc2cccnc21. The highest BCUT2D eigenvalue weighted by atomic mass is 32.2. The first-order valence-electron chi connectivity index (χ1n) is 8.60. The number of benzene rings is 1. The molecule has 0 amide bonds. The summed E-state index contributed by atoms with van der Waals surface area (Å²) < 4.78 is 28.5. The average Bonchev–Trinajstić information content (AvgIpc) is 3.16. The fraction of sp³-hybridized carbons (Fsp3) is 0.0526. The van der Waals surface area contributed by atoms with Crippen LogP contribution in [0.3, 0.4) is 0 Å². The normalized spacial score (nSPS) is 11.2. The van der Waals surface area contributed by atoms with Crippen LogP contribution in [0.4, 0.5) is 5.69 Å². The van der Waals surface area contributed by atoms with Crippen LogP contribution < -0.4 is 14.3 Å². The van der Waals surface area contributed by atoms with E-state index in [4.69, 9.17) is 5.14 Å². The third-order valence-corrected chi connectivity index (χ3v) is 4.77. The number of hydrogen-bond acceptors (Lipinski definition) is 8. The van der Waals surface area contributed by atoms with E-state index in [0.29, 0.717) is 22.5 Å². The van der Waals surface area contributed by atoms with Crippen molar-refractivity contribution in [1.82, 2.24) is 19.6 Å². The minimum atomic E-state index is -4.11. The van der Waals surface area contributed by atoms with Gasteiger partial charge in [0, 0.05) is 18.8 Å². The molecule has 0 atom stereocenters. The summed E-state index contributed by atoms with van der Waals surface area (Å²) in [5.74, 6) is 0.0666. The molecule has 0 spiro atoms. The number of hydrogen-bond donors (Lipinski definition) is 1. The fourth-order valence-corrected chi connectivity index (χ4v) is 3.32. The predicted octanol–water partition coefficient (Wildman–Crippen LogP) is 1.85. The van der Waals surface area contributed by atoms with Crippen molar-refractivity contribution in [2.24, 2.45) is 5.14 Å². The van der Waals surface area contributed by atoms with E-state index in [-0.39, 0.29) is 11.4 Å². The maximum Gasteiger partial charge on any atom is 0.380 e. The summed E-state index contributed by atoms with van der Waals surface area (Å²) >= 11 is 0. The molecule has 4 rings (SSSR count). The third kappa shape index (κ3) is 3.77. The van der Waals surface area contributed by atoms with Crippen LogP contribution in [-0.2, 0) is 10.3 Å². The first kappa shape index (κ1) is 19.3. The number of nitrogens with two attached hydrogens (primary N) is 1. The quantitative estimate of drug-likeness (QED) is 0.515. The molecular formula is C19H15N7O3S. The Morgan fingerprint density at radius 1 is 1.17 bits per heavy atom. The molecule has 0 saturated carbocycles. The van der Waals surface area contributed by atoms with E-state index in [0.717, 1.165) is 5.52 Å². The van der Waals surface area contributed by atoms with Crippen molar-refractivity contribution in [3.05, 3.63) is 66.9 Å². The maximum atomic E-state index is 11.1. The molecule has 0 aliphatic carbocycles. The first-order valence-corrected chi connectivity index (χ1v) is 10.1. The summed E-state index contributed by atoms with van der Waals surface area (Å²) in [5.41, 5.74) is 3.57. The molecule has 0 aliphatic rings. The Labute approximate surface area is 172 Å². The summed E-state index contributed by atoms with van der Waals surface area (Å²) in [6.45, 7) is 0. The van der Waals surface area contributed by atoms with E-state index >= 15 is 0 Å². The van der Waals surface area contributed by atoms with Crippen molar-refractivity contribution in [2.45, 2.75) is 0 Å². The molecule has 150 valence electrons. The zero-order chi connectivity index (χ0) is 21.3. The Hall–Kier alpha value is -4.01. The van der Waals surface area contributed by atoms with Gasteiger partial charge in [-0.1, -0.05) is 12.1 Å². The molecule has 10 nitrogen and oxygen atoms in total. The van der Waals surface area contributed by atoms with Gasteiger partial charge in [0.05, 0.1) is 11.9 Å². The van der Waals surface area contributed by atoms with Gasteiger partial charge in [0.25, 0.3) is 0 Å². The third-order valence-electron chi connectivity index (χ3n) is 4.34. The van der Waals surface area contributed by atoms with Gasteiger partial charge < -0.3 is 4.18 Å². The average molecular weight is 421 g/mol. The standard InChI is InChI=1S/C19H15N7O3S/c1-25(26-12-24-17-3-2-8-22-19(17)26)14-9-16(18(10-20)23-11-14)13-4-6-15(7-5-13)29-30(21,27)28/h2-9,11-12H,1H3,(H2,21,27,28). The Bertz CT molecular complexity index is 1380. The summed E-state index contributed by atoms with van der Waals surface area (Å²) in [7, 11) is -2.29. The van der Waals surface area contributed by atoms with Gasteiger partial charge in [-0.15, -0.1) is 0 Å². The highest BCUT2D eigenvalue weighted by Crippen LogP contribution is 2.29.